The molecule has 5 nitrogen and oxygen atoms in total. The van der Waals surface area contributed by atoms with Crippen LogP contribution in [0, 0.1) is 11.3 Å². The van der Waals surface area contributed by atoms with Crippen molar-refractivity contribution >= 4 is 0 Å². The number of rotatable bonds is 3. The van der Waals surface area contributed by atoms with Gasteiger partial charge in [-0.3, -0.25) is 4.98 Å². The average Bonchev–Trinajstić information content (AvgIpc) is 2.26. The lowest BCUT2D eigenvalue weighted by Gasteiger charge is -2.09. The molecule has 1 unspecified atom stereocenters. The molecule has 0 aliphatic carbocycles. The Labute approximate surface area is 81.8 Å². The minimum Gasteiger partial charge on any atom is -0.495 e. The lowest BCUT2D eigenvalue weighted by atomic mass is 10.2. The third kappa shape index (κ3) is 1.99. The lowest BCUT2D eigenvalue weighted by molar-refractivity contribution is 0.181. The maximum atomic E-state index is 9.39. The number of aromatic nitrogens is 1. The van der Waals surface area contributed by atoms with Gasteiger partial charge >= 0.3 is 0 Å². The molecule has 0 aromatic carbocycles. The predicted octanol–water partition coefficient (Wildman–Crippen LogP) is -0.0460. The normalized spacial score (nSPS) is 11.9. The Morgan fingerprint density at radius 2 is 2.50 bits per heavy atom. The Morgan fingerprint density at radius 1 is 1.79 bits per heavy atom. The highest BCUT2D eigenvalue weighted by Crippen LogP contribution is 2.20. The van der Waals surface area contributed by atoms with Crippen LogP contribution >= 0.6 is 0 Å². The van der Waals surface area contributed by atoms with Crippen molar-refractivity contribution in [2.75, 3.05) is 13.7 Å². The molecule has 0 spiro atoms. The third-order valence-corrected chi connectivity index (χ3v) is 1.79. The van der Waals surface area contributed by atoms with Crippen molar-refractivity contribution in [2.45, 2.75) is 6.10 Å². The SMILES string of the molecule is COc1cc(C(O)CN)ncc1C#N. The smallest absolute Gasteiger partial charge is 0.140 e. The van der Waals surface area contributed by atoms with Crippen LogP contribution in [-0.2, 0) is 0 Å². The van der Waals surface area contributed by atoms with Gasteiger partial charge in [-0.05, 0) is 0 Å². The van der Waals surface area contributed by atoms with E-state index >= 15 is 0 Å². The molecule has 0 fully saturated rings. The monoisotopic (exact) mass is 193 g/mol. The first kappa shape index (κ1) is 10.4. The Morgan fingerprint density at radius 3 is 3.00 bits per heavy atom. The molecule has 5 heteroatoms. The van der Waals surface area contributed by atoms with Crippen LogP contribution in [0.2, 0.25) is 0 Å². The van der Waals surface area contributed by atoms with Crippen molar-refractivity contribution in [3.05, 3.63) is 23.5 Å². The number of methoxy groups -OCH3 is 1. The van der Waals surface area contributed by atoms with Crippen LogP contribution < -0.4 is 10.5 Å². The van der Waals surface area contributed by atoms with Crippen LogP contribution in [0.4, 0.5) is 0 Å². The van der Waals surface area contributed by atoms with E-state index in [1.54, 1.807) is 0 Å². The minimum absolute atomic E-state index is 0.0854. The highest BCUT2D eigenvalue weighted by atomic mass is 16.5. The number of aliphatic hydroxyl groups excluding tert-OH is 1. The van der Waals surface area contributed by atoms with Gasteiger partial charge in [-0.25, -0.2) is 0 Å². The van der Waals surface area contributed by atoms with Crippen molar-refractivity contribution in [1.29, 1.82) is 5.26 Å². The predicted molar refractivity (Wildman–Crippen MR) is 49.5 cm³/mol. The fraction of sp³-hybridized carbons (Fsp3) is 0.333. The number of hydrogen-bond acceptors (Lipinski definition) is 5. The second kappa shape index (κ2) is 4.56. The topological polar surface area (TPSA) is 92.2 Å². The summed E-state index contributed by atoms with van der Waals surface area (Å²) in [6.07, 6.45) is 0.532. The summed E-state index contributed by atoms with van der Waals surface area (Å²) in [5.74, 6) is 0.394. The fourth-order valence-corrected chi connectivity index (χ4v) is 1.01. The molecule has 1 aromatic rings. The summed E-state index contributed by atoms with van der Waals surface area (Å²) >= 11 is 0. The van der Waals surface area contributed by atoms with Crippen LogP contribution in [0.5, 0.6) is 5.75 Å². The van der Waals surface area contributed by atoms with Crippen molar-refractivity contribution in [3.63, 3.8) is 0 Å². The second-order valence-corrected chi connectivity index (χ2v) is 2.67. The van der Waals surface area contributed by atoms with Gasteiger partial charge in [0, 0.05) is 18.8 Å². The van der Waals surface area contributed by atoms with Gasteiger partial charge in [-0.1, -0.05) is 0 Å². The third-order valence-electron chi connectivity index (χ3n) is 1.79. The molecule has 14 heavy (non-hydrogen) atoms. The van der Waals surface area contributed by atoms with E-state index in [-0.39, 0.29) is 6.54 Å². The van der Waals surface area contributed by atoms with E-state index in [2.05, 4.69) is 4.98 Å². The van der Waals surface area contributed by atoms with Crippen LogP contribution in [0.25, 0.3) is 0 Å². The van der Waals surface area contributed by atoms with E-state index in [4.69, 9.17) is 15.7 Å². The van der Waals surface area contributed by atoms with Crippen LogP contribution in [0.3, 0.4) is 0 Å². The van der Waals surface area contributed by atoms with Gasteiger partial charge in [0.15, 0.2) is 0 Å². The summed E-state index contributed by atoms with van der Waals surface area (Å²) in [5, 5.41) is 18.1. The van der Waals surface area contributed by atoms with Gasteiger partial charge in [0.25, 0.3) is 0 Å². The zero-order valence-corrected chi connectivity index (χ0v) is 7.77. The van der Waals surface area contributed by atoms with E-state index in [1.165, 1.54) is 19.4 Å². The molecule has 74 valence electrons. The zero-order valence-electron chi connectivity index (χ0n) is 7.77. The first-order chi connectivity index (χ1) is 6.72. The van der Waals surface area contributed by atoms with Crippen molar-refractivity contribution in [1.82, 2.24) is 4.98 Å². The summed E-state index contributed by atoms with van der Waals surface area (Å²) < 4.78 is 4.96. The molecular formula is C9H11N3O2. The van der Waals surface area contributed by atoms with Gasteiger partial charge in [0.2, 0.25) is 0 Å². The average molecular weight is 193 g/mol. The highest BCUT2D eigenvalue weighted by molar-refractivity contribution is 5.42. The van der Waals surface area contributed by atoms with E-state index in [0.29, 0.717) is 17.0 Å². The van der Waals surface area contributed by atoms with Crippen molar-refractivity contribution in [3.8, 4) is 11.8 Å². The Balaban J connectivity index is 3.09. The number of nitrogens with two attached hydrogens (primary N) is 1. The summed E-state index contributed by atoms with van der Waals surface area (Å²) in [6.45, 7) is 0.0854. The van der Waals surface area contributed by atoms with E-state index in [9.17, 15) is 5.11 Å². The molecule has 0 bridgehead atoms. The quantitative estimate of drug-likeness (QED) is 0.702. The number of aliphatic hydroxyl groups is 1. The zero-order chi connectivity index (χ0) is 10.6. The lowest BCUT2D eigenvalue weighted by Crippen LogP contribution is -2.13. The number of nitriles is 1. The molecular weight excluding hydrogens is 182 g/mol. The summed E-state index contributed by atoms with van der Waals surface area (Å²) in [7, 11) is 1.45. The molecule has 1 rings (SSSR count). The highest BCUT2D eigenvalue weighted by Gasteiger charge is 2.10. The van der Waals surface area contributed by atoms with Crippen LogP contribution in [0.1, 0.15) is 17.4 Å². The molecule has 0 amide bonds. The summed E-state index contributed by atoms with van der Waals surface area (Å²) in [6, 6.07) is 3.44. The van der Waals surface area contributed by atoms with Gasteiger partial charge in [-0.15, -0.1) is 0 Å². The van der Waals surface area contributed by atoms with Gasteiger partial charge in [0.05, 0.1) is 12.8 Å². The molecule has 1 atom stereocenters. The number of hydrogen-bond donors (Lipinski definition) is 2. The molecule has 3 N–H and O–H groups in total. The molecule has 1 aromatic heterocycles. The maximum absolute atomic E-state index is 9.39. The fourth-order valence-electron chi connectivity index (χ4n) is 1.01. The number of pyridine rings is 1. The second-order valence-electron chi connectivity index (χ2n) is 2.67. The first-order valence-corrected chi connectivity index (χ1v) is 4.05. The van der Waals surface area contributed by atoms with E-state index in [1.807, 2.05) is 6.07 Å². The molecule has 1 heterocycles. The molecule has 0 saturated heterocycles. The number of ether oxygens (including phenoxy) is 1. The van der Waals surface area contributed by atoms with Crippen molar-refractivity contribution in [2.24, 2.45) is 5.73 Å². The number of nitrogens with zero attached hydrogens (tertiary/aromatic N) is 2. The largest absolute Gasteiger partial charge is 0.495 e. The van der Waals surface area contributed by atoms with Gasteiger partial charge in [0.1, 0.15) is 23.5 Å². The summed E-state index contributed by atoms with van der Waals surface area (Å²) in [5.41, 5.74) is 6.01. The summed E-state index contributed by atoms with van der Waals surface area (Å²) in [4.78, 5) is 3.90. The maximum Gasteiger partial charge on any atom is 0.140 e. The first-order valence-electron chi connectivity index (χ1n) is 4.05. The van der Waals surface area contributed by atoms with Gasteiger partial charge < -0.3 is 15.6 Å². The molecule has 0 aliphatic rings. The molecule has 0 aliphatic heterocycles. The van der Waals surface area contributed by atoms with E-state index in [0.717, 1.165) is 0 Å². The Kier molecular flexibility index (Phi) is 3.40. The Hall–Kier alpha value is -1.64. The Bertz CT molecular complexity index is 360. The molecule has 0 radical (unpaired) electrons. The van der Waals surface area contributed by atoms with E-state index < -0.39 is 6.10 Å². The van der Waals surface area contributed by atoms with Crippen LogP contribution in [0.15, 0.2) is 12.3 Å². The minimum atomic E-state index is -0.823. The standard InChI is InChI=1S/C9H11N3O2/c1-14-9-2-7(8(13)4-11)12-5-6(9)3-10/h2,5,8,13H,4,11H2,1H3. The van der Waals surface area contributed by atoms with Gasteiger partial charge in [-0.2, -0.15) is 5.26 Å². The van der Waals surface area contributed by atoms with Crippen LogP contribution in [-0.4, -0.2) is 23.7 Å². The molecule has 0 saturated carbocycles. The van der Waals surface area contributed by atoms with Crippen molar-refractivity contribution < 1.29 is 9.84 Å².